The molecule has 0 saturated carbocycles. The average Bonchev–Trinajstić information content (AvgIpc) is 2.48. The van der Waals surface area contributed by atoms with Crippen molar-refractivity contribution in [2.45, 2.75) is 6.10 Å². The first-order valence-electron chi connectivity index (χ1n) is 6.24. The molecule has 2 rings (SSSR count). The second-order valence-electron chi connectivity index (χ2n) is 4.43. The van der Waals surface area contributed by atoms with Gasteiger partial charge >= 0.3 is 6.09 Å². The van der Waals surface area contributed by atoms with Crippen molar-refractivity contribution in [3.05, 3.63) is 58.4 Å². The van der Waals surface area contributed by atoms with E-state index in [0.29, 0.717) is 5.75 Å². The van der Waals surface area contributed by atoms with Gasteiger partial charge in [0.25, 0.3) is 0 Å². The number of aliphatic hydroxyl groups excluding tert-OH is 1. The van der Waals surface area contributed by atoms with Crippen LogP contribution in [0.4, 0.5) is 14.9 Å². The molecule has 2 aromatic carbocycles. The molecule has 116 valence electrons. The van der Waals surface area contributed by atoms with E-state index >= 15 is 0 Å². The summed E-state index contributed by atoms with van der Waals surface area (Å²) in [6.07, 6.45) is -2.64. The number of nitrogens with one attached hydrogen (secondary N) is 1. The molecule has 0 saturated heterocycles. The van der Waals surface area contributed by atoms with E-state index < -0.39 is 18.0 Å². The van der Waals surface area contributed by atoms with Gasteiger partial charge in [0, 0.05) is 11.1 Å². The van der Waals surface area contributed by atoms with Crippen LogP contribution in [0.2, 0.25) is 5.02 Å². The van der Waals surface area contributed by atoms with Crippen LogP contribution in [0.5, 0.6) is 5.75 Å². The van der Waals surface area contributed by atoms with Crippen LogP contribution in [0.1, 0.15) is 17.2 Å². The van der Waals surface area contributed by atoms with Crippen LogP contribution >= 0.6 is 11.6 Å². The van der Waals surface area contributed by atoms with Crippen LogP contribution in [-0.2, 0) is 0 Å². The SMILES string of the molecule is COc1cccc(C(O)c2cc(F)ccc2NC(=O)O)c1Cl. The number of hydrogen-bond acceptors (Lipinski definition) is 3. The predicted octanol–water partition coefficient (Wildman–Crippen LogP) is 3.66. The van der Waals surface area contributed by atoms with E-state index in [4.69, 9.17) is 21.4 Å². The highest BCUT2D eigenvalue weighted by Gasteiger charge is 2.21. The molecule has 0 aromatic heterocycles. The summed E-state index contributed by atoms with van der Waals surface area (Å²) in [6, 6.07) is 8.15. The number of carbonyl (C=O) groups is 1. The molecule has 0 aliphatic carbocycles. The minimum Gasteiger partial charge on any atom is -0.495 e. The van der Waals surface area contributed by atoms with Gasteiger partial charge in [-0.15, -0.1) is 0 Å². The zero-order valence-corrected chi connectivity index (χ0v) is 12.3. The molecular weight excluding hydrogens is 313 g/mol. The van der Waals surface area contributed by atoms with Gasteiger partial charge in [0.2, 0.25) is 0 Å². The Morgan fingerprint density at radius 2 is 2.05 bits per heavy atom. The Bertz CT molecular complexity index is 708. The van der Waals surface area contributed by atoms with Gasteiger partial charge < -0.3 is 14.9 Å². The van der Waals surface area contributed by atoms with Crippen LogP contribution in [0.3, 0.4) is 0 Å². The fraction of sp³-hybridized carbons (Fsp3) is 0.133. The topological polar surface area (TPSA) is 78.8 Å². The van der Waals surface area contributed by atoms with E-state index in [1.807, 2.05) is 0 Å². The molecule has 1 amide bonds. The Hall–Kier alpha value is -2.31. The van der Waals surface area contributed by atoms with Gasteiger partial charge in [-0.2, -0.15) is 0 Å². The number of anilines is 1. The van der Waals surface area contributed by atoms with Crippen molar-refractivity contribution in [1.29, 1.82) is 0 Å². The molecule has 0 fully saturated rings. The van der Waals surface area contributed by atoms with E-state index in [1.54, 1.807) is 18.2 Å². The lowest BCUT2D eigenvalue weighted by Gasteiger charge is -2.18. The van der Waals surface area contributed by atoms with Crippen LogP contribution in [0.25, 0.3) is 0 Å². The lowest BCUT2D eigenvalue weighted by Crippen LogP contribution is -2.12. The van der Waals surface area contributed by atoms with E-state index in [2.05, 4.69) is 5.32 Å². The van der Waals surface area contributed by atoms with Gasteiger partial charge in [-0.25, -0.2) is 9.18 Å². The zero-order chi connectivity index (χ0) is 16.3. The Balaban J connectivity index is 2.51. The molecule has 22 heavy (non-hydrogen) atoms. The Labute approximate surface area is 130 Å². The minimum atomic E-state index is -1.32. The molecule has 1 atom stereocenters. The maximum Gasteiger partial charge on any atom is 0.409 e. The summed E-state index contributed by atoms with van der Waals surface area (Å²) in [7, 11) is 1.43. The first kappa shape index (κ1) is 16.1. The summed E-state index contributed by atoms with van der Waals surface area (Å²) in [6.45, 7) is 0. The highest BCUT2D eigenvalue weighted by molar-refractivity contribution is 6.32. The lowest BCUT2D eigenvalue weighted by atomic mass is 9.99. The number of rotatable bonds is 4. The van der Waals surface area contributed by atoms with Crippen molar-refractivity contribution >= 4 is 23.4 Å². The number of carboxylic acid groups (broad SMARTS) is 1. The minimum absolute atomic E-state index is 0.0533. The van der Waals surface area contributed by atoms with Gasteiger partial charge in [0.15, 0.2) is 0 Å². The maximum absolute atomic E-state index is 13.5. The van der Waals surface area contributed by atoms with Crippen LogP contribution < -0.4 is 10.1 Å². The Morgan fingerprint density at radius 3 is 2.68 bits per heavy atom. The van der Waals surface area contributed by atoms with Crippen LogP contribution in [0, 0.1) is 5.82 Å². The number of amides is 1. The van der Waals surface area contributed by atoms with Gasteiger partial charge in [-0.3, -0.25) is 5.32 Å². The fourth-order valence-electron chi connectivity index (χ4n) is 2.05. The molecule has 0 aliphatic rings. The molecule has 5 nitrogen and oxygen atoms in total. The Kier molecular flexibility index (Phi) is 4.85. The average molecular weight is 326 g/mol. The van der Waals surface area contributed by atoms with Crippen LogP contribution in [-0.4, -0.2) is 23.4 Å². The molecule has 0 radical (unpaired) electrons. The number of hydrogen-bond donors (Lipinski definition) is 3. The predicted molar refractivity (Wildman–Crippen MR) is 80.1 cm³/mol. The molecule has 0 bridgehead atoms. The molecule has 1 unspecified atom stereocenters. The smallest absolute Gasteiger partial charge is 0.409 e. The van der Waals surface area contributed by atoms with E-state index in [1.165, 1.54) is 13.2 Å². The highest BCUT2D eigenvalue weighted by Crippen LogP contribution is 2.37. The summed E-state index contributed by atoms with van der Waals surface area (Å²) >= 11 is 6.14. The number of benzene rings is 2. The number of ether oxygens (including phenoxy) is 1. The first-order chi connectivity index (χ1) is 10.4. The summed E-state index contributed by atoms with van der Waals surface area (Å²) in [5.74, 6) is -0.258. The molecule has 0 heterocycles. The van der Waals surface area contributed by atoms with E-state index in [-0.39, 0.29) is 21.8 Å². The molecule has 0 spiro atoms. The van der Waals surface area contributed by atoms with Gasteiger partial charge in [-0.1, -0.05) is 23.7 Å². The maximum atomic E-state index is 13.5. The second kappa shape index (κ2) is 6.64. The van der Waals surface area contributed by atoms with Crippen molar-refractivity contribution in [2.24, 2.45) is 0 Å². The monoisotopic (exact) mass is 325 g/mol. The lowest BCUT2D eigenvalue weighted by molar-refractivity contribution is 0.209. The van der Waals surface area contributed by atoms with Crippen molar-refractivity contribution in [2.75, 3.05) is 12.4 Å². The summed E-state index contributed by atoms with van der Waals surface area (Å²) in [5.41, 5.74) is 0.401. The normalized spacial score (nSPS) is 11.8. The third kappa shape index (κ3) is 3.29. The molecule has 0 aliphatic heterocycles. The fourth-order valence-corrected chi connectivity index (χ4v) is 2.36. The summed E-state index contributed by atoms with van der Waals surface area (Å²) in [5, 5.41) is 21.6. The molecule has 2 aromatic rings. The number of aliphatic hydroxyl groups is 1. The zero-order valence-electron chi connectivity index (χ0n) is 11.5. The highest BCUT2D eigenvalue weighted by atomic mass is 35.5. The van der Waals surface area contributed by atoms with Gasteiger partial charge in [-0.05, 0) is 24.3 Å². The Morgan fingerprint density at radius 1 is 1.32 bits per heavy atom. The summed E-state index contributed by atoms with van der Waals surface area (Å²) in [4.78, 5) is 10.8. The first-order valence-corrected chi connectivity index (χ1v) is 6.61. The third-order valence-electron chi connectivity index (χ3n) is 3.06. The largest absolute Gasteiger partial charge is 0.495 e. The van der Waals surface area contributed by atoms with Crippen molar-refractivity contribution in [3.63, 3.8) is 0 Å². The van der Waals surface area contributed by atoms with Gasteiger partial charge in [0.1, 0.15) is 17.7 Å². The van der Waals surface area contributed by atoms with Crippen molar-refractivity contribution in [3.8, 4) is 5.75 Å². The van der Waals surface area contributed by atoms with E-state index in [9.17, 15) is 14.3 Å². The van der Waals surface area contributed by atoms with E-state index in [0.717, 1.165) is 12.1 Å². The molecule has 7 heteroatoms. The van der Waals surface area contributed by atoms with Gasteiger partial charge in [0.05, 0.1) is 17.8 Å². The standard InChI is InChI=1S/C15H13ClFNO4/c1-22-12-4-2-3-9(13(12)16)14(19)10-7-8(17)5-6-11(10)18-15(20)21/h2-7,14,18-19H,1H3,(H,20,21). The molecular formula is C15H13ClFNO4. The summed E-state index contributed by atoms with van der Waals surface area (Å²) < 4.78 is 18.5. The number of halogens is 2. The van der Waals surface area contributed by atoms with Crippen LogP contribution in [0.15, 0.2) is 36.4 Å². The molecule has 3 N–H and O–H groups in total. The third-order valence-corrected chi connectivity index (χ3v) is 3.46. The quantitative estimate of drug-likeness (QED) is 0.801. The van der Waals surface area contributed by atoms with Crippen molar-refractivity contribution < 1.29 is 24.1 Å². The number of methoxy groups -OCH3 is 1. The second-order valence-corrected chi connectivity index (χ2v) is 4.81. The van der Waals surface area contributed by atoms with Crippen molar-refractivity contribution in [1.82, 2.24) is 0 Å².